The van der Waals surface area contributed by atoms with Gasteiger partial charge in [-0.25, -0.2) is 0 Å². The zero-order valence-corrected chi connectivity index (χ0v) is 12.4. The van der Waals surface area contributed by atoms with Crippen molar-refractivity contribution in [2.24, 2.45) is 11.3 Å². The Hall–Kier alpha value is -1.35. The topological polar surface area (TPSA) is 40.5 Å². The van der Waals surface area contributed by atoms with Crippen molar-refractivity contribution in [2.75, 3.05) is 6.54 Å². The van der Waals surface area contributed by atoms with Crippen molar-refractivity contribution in [1.82, 2.24) is 4.90 Å². The molecule has 1 aromatic rings. The van der Waals surface area contributed by atoms with Gasteiger partial charge in [0.1, 0.15) is 0 Å². The molecule has 1 amide bonds. The van der Waals surface area contributed by atoms with E-state index in [0.29, 0.717) is 18.0 Å². The highest BCUT2D eigenvalue weighted by Crippen LogP contribution is 2.48. The molecular formula is C16H23NO2. The number of carbonyl (C=O) groups is 1. The minimum atomic E-state index is -1.23. The molecule has 3 heteroatoms. The SMILES string of the molecule is CC(C)CN1C(=O)c2ccccc2C1(O)C(C)(C)C. The van der Waals surface area contributed by atoms with Gasteiger partial charge < -0.3 is 10.0 Å². The Bertz CT molecular complexity index is 502. The second-order valence-corrected chi connectivity index (χ2v) is 6.78. The molecule has 0 spiro atoms. The molecule has 0 saturated heterocycles. The molecule has 1 aromatic carbocycles. The van der Waals surface area contributed by atoms with Gasteiger partial charge in [-0.1, -0.05) is 52.8 Å². The highest BCUT2D eigenvalue weighted by molar-refractivity contribution is 5.99. The van der Waals surface area contributed by atoms with Gasteiger partial charge in [-0.2, -0.15) is 0 Å². The summed E-state index contributed by atoms with van der Waals surface area (Å²) in [7, 11) is 0. The van der Waals surface area contributed by atoms with Gasteiger partial charge in [0.2, 0.25) is 0 Å². The van der Waals surface area contributed by atoms with E-state index < -0.39 is 11.1 Å². The van der Waals surface area contributed by atoms with E-state index in [1.165, 1.54) is 0 Å². The predicted octanol–water partition coefficient (Wildman–Crippen LogP) is 2.99. The fraction of sp³-hybridized carbons (Fsp3) is 0.562. The second kappa shape index (κ2) is 4.34. The van der Waals surface area contributed by atoms with Crippen LogP contribution in [0, 0.1) is 11.3 Å². The number of rotatable bonds is 2. The maximum atomic E-state index is 12.6. The number of benzene rings is 1. The first-order valence-corrected chi connectivity index (χ1v) is 6.83. The molecule has 0 fully saturated rings. The summed E-state index contributed by atoms with van der Waals surface area (Å²) in [5, 5.41) is 11.3. The van der Waals surface area contributed by atoms with Crippen LogP contribution in [0.25, 0.3) is 0 Å². The second-order valence-electron chi connectivity index (χ2n) is 6.78. The third-order valence-corrected chi connectivity index (χ3v) is 3.76. The van der Waals surface area contributed by atoms with Crippen LogP contribution in [0.3, 0.4) is 0 Å². The first-order valence-electron chi connectivity index (χ1n) is 6.83. The lowest BCUT2D eigenvalue weighted by molar-refractivity contribution is -0.162. The zero-order valence-electron chi connectivity index (χ0n) is 12.4. The smallest absolute Gasteiger partial charge is 0.256 e. The number of hydrogen-bond acceptors (Lipinski definition) is 2. The fourth-order valence-corrected chi connectivity index (χ4v) is 2.80. The van der Waals surface area contributed by atoms with Gasteiger partial charge in [-0.3, -0.25) is 4.79 Å². The highest BCUT2D eigenvalue weighted by Gasteiger charge is 2.55. The van der Waals surface area contributed by atoms with Crippen LogP contribution in [0.5, 0.6) is 0 Å². The van der Waals surface area contributed by atoms with E-state index >= 15 is 0 Å². The van der Waals surface area contributed by atoms with E-state index in [9.17, 15) is 9.90 Å². The lowest BCUT2D eigenvalue weighted by Crippen LogP contribution is -2.53. The first kappa shape index (κ1) is 14.1. The summed E-state index contributed by atoms with van der Waals surface area (Å²) in [6.45, 7) is 10.6. The van der Waals surface area contributed by atoms with Crippen LogP contribution in [0.2, 0.25) is 0 Å². The van der Waals surface area contributed by atoms with Crippen LogP contribution in [0.1, 0.15) is 50.5 Å². The molecule has 0 bridgehead atoms. The van der Waals surface area contributed by atoms with Gasteiger partial charge >= 0.3 is 0 Å². The van der Waals surface area contributed by atoms with Gasteiger partial charge in [0.25, 0.3) is 5.91 Å². The molecule has 1 atom stereocenters. The van der Waals surface area contributed by atoms with Crippen molar-refractivity contribution in [3.05, 3.63) is 35.4 Å². The number of amides is 1. The Morgan fingerprint density at radius 2 is 1.84 bits per heavy atom. The Balaban J connectivity index is 2.61. The molecule has 0 aliphatic carbocycles. The molecule has 3 nitrogen and oxygen atoms in total. The summed E-state index contributed by atoms with van der Waals surface area (Å²) >= 11 is 0. The standard InChI is InChI=1S/C16H23NO2/c1-11(2)10-17-14(18)12-8-6-7-9-13(12)16(17,19)15(3,4)5/h6-9,11,19H,10H2,1-5H3. The molecule has 1 unspecified atom stereocenters. The van der Waals surface area contributed by atoms with Crippen molar-refractivity contribution in [3.8, 4) is 0 Å². The molecule has 0 aromatic heterocycles. The lowest BCUT2D eigenvalue weighted by atomic mass is 9.78. The summed E-state index contributed by atoms with van der Waals surface area (Å²) in [6.07, 6.45) is 0. The molecular weight excluding hydrogens is 238 g/mol. The molecule has 104 valence electrons. The quantitative estimate of drug-likeness (QED) is 0.889. The maximum Gasteiger partial charge on any atom is 0.256 e. The van der Waals surface area contributed by atoms with Gasteiger partial charge in [0.15, 0.2) is 5.72 Å². The first-order chi connectivity index (χ1) is 8.69. The maximum absolute atomic E-state index is 12.6. The summed E-state index contributed by atoms with van der Waals surface area (Å²) < 4.78 is 0. The Morgan fingerprint density at radius 1 is 1.26 bits per heavy atom. The van der Waals surface area contributed by atoms with Gasteiger partial charge in [-0.15, -0.1) is 0 Å². The number of carbonyl (C=O) groups excluding carboxylic acids is 1. The Labute approximate surface area is 115 Å². The Kier molecular flexibility index (Phi) is 3.21. The number of fused-ring (bicyclic) bond motifs is 1. The van der Waals surface area contributed by atoms with Crippen LogP contribution < -0.4 is 0 Å². The van der Waals surface area contributed by atoms with Gasteiger partial charge in [0.05, 0.1) is 0 Å². The Morgan fingerprint density at radius 3 is 2.37 bits per heavy atom. The van der Waals surface area contributed by atoms with Crippen LogP contribution >= 0.6 is 0 Å². The normalized spacial score (nSPS) is 23.1. The largest absolute Gasteiger partial charge is 0.366 e. The summed E-state index contributed by atoms with van der Waals surface area (Å²) in [5.41, 5.74) is -0.316. The van der Waals surface area contributed by atoms with Crippen molar-refractivity contribution in [3.63, 3.8) is 0 Å². The monoisotopic (exact) mass is 261 g/mol. The molecule has 19 heavy (non-hydrogen) atoms. The van der Waals surface area contributed by atoms with E-state index in [2.05, 4.69) is 13.8 Å². The molecule has 0 saturated carbocycles. The van der Waals surface area contributed by atoms with Crippen molar-refractivity contribution < 1.29 is 9.90 Å². The molecule has 1 heterocycles. The molecule has 1 N–H and O–H groups in total. The van der Waals surface area contributed by atoms with E-state index in [1.54, 1.807) is 11.0 Å². The van der Waals surface area contributed by atoms with Crippen molar-refractivity contribution in [2.45, 2.75) is 40.3 Å². The summed E-state index contributed by atoms with van der Waals surface area (Å²) in [5.74, 6) is 0.244. The molecule has 2 rings (SSSR count). The number of aliphatic hydroxyl groups is 1. The third kappa shape index (κ3) is 1.96. The van der Waals surface area contributed by atoms with Crippen LogP contribution in [-0.2, 0) is 5.72 Å². The van der Waals surface area contributed by atoms with E-state index in [0.717, 1.165) is 5.56 Å². The van der Waals surface area contributed by atoms with Crippen molar-refractivity contribution in [1.29, 1.82) is 0 Å². The minimum Gasteiger partial charge on any atom is -0.366 e. The lowest BCUT2D eigenvalue weighted by Gasteiger charge is -2.44. The number of hydrogen-bond donors (Lipinski definition) is 1. The van der Waals surface area contributed by atoms with Crippen LogP contribution in [0.4, 0.5) is 0 Å². The van der Waals surface area contributed by atoms with Crippen LogP contribution in [0.15, 0.2) is 24.3 Å². The molecule has 1 aliphatic heterocycles. The molecule has 1 aliphatic rings. The predicted molar refractivity (Wildman–Crippen MR) is 75.7 cm³/mol. The average Bonchev–Trinajstić information content (AvgIpc) is 2.52. The highest BCUT2D eigenvalue weighted by atomic mass is 16.3. The van der Waals surface area contributed by atoms with Gasteiger partial charge in [-0.05, 0) is 12.0 Å². The average molecular weight is 261 g/mol. The van der Waals surface area contributed by atoms with E-state index in [-0.39, 0.29) is 5.91 Å². The summed E-state index contributed by atoms with van der Waals surface area (Å²) in [6, 6.07) is 7.38. The fourth-order valence-electron chi connectivity index (χ4n) is 2.80. The summed E-state index contributed by atoms with van der Waals surface area (Å²) in [4.78, 5) is 14.2. The van der Waals surface area contributed by atoms with Crippen molar-refractivity contribution >= 4 is 5.91 Å². The van der Waals surface area contributed by atoms with Gasteiger partial charge in [0, 0.05) is 23.1 Å². The van der Waals surface area contributed by atoms with E-state index in [1.807, 2.05) is 39.0 Å². The number of nitrogens with zero attached hydrogens (tertiary/aromatic N) is 1. The van der Waals surface area contributed by atoms with E-state index in [4.69, 9.17) is 0 Å². The third-order valence-electron chi connectivity index (χ3n) is 3.76. The minimum absolute atomic E-state index is 0.0678. The zero-order chi connectivity index (χ0) is 14.4. The van der Waals surface area contributed by atoms with Crippen LogP contribution in [-0.4, -0.2) is 22.5 Å². The molecule has 0 radical (unpaired) electrons.